The Labute approximate surface area is 130 Å². The number of hydrogen-bond donors (Lipinski definition) is 1. The summed E-state index contributed by atoms with van der Waals surface area (Å²) in [5.41, 5.74) is 0.446. The minimum absolute atomic E-state index is 0.298. The number of nitrogens with zero attached hydrogens (tertiary/aromatic N) is 2. The van der Waals surface area contributed by atoms with E-state index in [1.54, 1.807) is 25.4 Å². The first-order valence-corrected chi connectivity index (χ1v) is 7.83. The molecule has 0 radical (unpaired) electrons. The fourth-order valence-corrected chi connectivity index (χ4v) is 3.24. The smallest absolute Gasteiger partial charge is 0.146 e. The molecule has 0 aliphatic carbocycles. The molecule has 2 aromatic rings. The van der Waals surface area contributed by atoms with Gasteiger partial charge in [-0.25, -0.2) is 9.37 Å². The van der Waals surface area contributed by atoms with Crippen molar-refractivity contribution in [3.63, 3.8) is 0 Å². The van der Waals surface area contributed by atoms with E-state index in [0.29, 0.717) is 29.2 Å². The molecule has 2 atom stereocenters. The first kappa shape index (κ1) is 15.0. The predicted molar refractivity (Wildman–Crippen MR) is 84.5 cm³/mol. The lowest BCUT2D eigenvalue weighted by Gasteiger charge is -2.31. The third kappa shape index (κ3) is 2.73. The average molecular weight is 303 g/mol. The maximum atomic E-state index is 14.3. The largest absolute Gasteiger partial charge is 0.496 e. The molecule has 118 valence electrons. The first-order chi connectivity index (χ1) is 10.7. The second kappa shape index (κ2) is 6.48. The third-order valence-electron chi connectivity index (χ3n) is 4.44. The SMILES string of the molecule is CC[C@H]1C[C@H](n2ccnc2-c2c(F)cccc2OC)CCN1. The second-order valence-electron chi connectivity index (χ2n) is 5.71. The van der Waals surface area contributed by atoms with Crippen molar-refractivity contribution in [2.24, 2.45) is 0 Å². The van der Waals surface area contributed by atoms with Crippen LogP contribution in [0.2, 0.25) is 0 Å². The molecule has 0 bridgehead atoms. The van der Waals surface area contributed by atoms with E-state index in [1.165, 1.54) is 6.07 Å². The van der Waals surface area contributed by atoms with Gasteiger partial charge in [-0.1, -0.05) is 13.0 Å². The zero-order chi connectivity index (χ0) is 15.5. The minimum atomic E-state index is -0.298. The summed E-state index contributed by atoms with van der Waals surface area (Å²) in [7, 11) is 1.56. The molecule has 1 aliphatic heterocycles. The molecule has 0 amide bonds. The highest BCUT2D eigenvalue weighted by Gasteiger charge is 2.25. The number of ether oxygens (including phenoxy) is 1. The molecule has 1 saturated heterocycles. The minimum Gasteiger partial charge on any atom is -0.496 e. The van der Waals surface area contributed by atoms with Crippen LogP contribution >= 0.6 is 0 Å². The fourth-order valence-electron chi connectivity index (χ4n) is 3.24. The van der Waals surface area contributed by atoms with Gasteiger partial charge in [0.25, 0.3) is 0 Å². The molecule has 1 fully saturated rings. The van der Waals surface area contributed by atoms with Gasteiger partial charge in [0.05, 0.1) is 12.7 Å². The van der Waals surface area contributed by atoms with Crippen molar-refractivity contribution in [1.29, 1.82) is 0 Å². The maximum absolute atomic E-state index is 14.3. The van der Waals surface area contributed by atoms with Crippen molar-refractivity contribution in [1.82, 2.24) is 14.9 Å². The van der Waals surface area contributed by atoms with Crippen LogP contribution in [0.1, 0.15) is 32.2 Å². The zero-order valence-electron chi connectivity index (χ0n) is 13.1. The van der Waals surface area contributed by atoms with Crippen LogP contribution < -0.4 is 10.1 Å². The highest BCUT2D eigenvalue weighted by atomic mass is 19.1. The average Bonchev–Trinajstić information content (AvgIpc) is 3.03. The van der Waals surface area contributed by atoms with E-state index in [1.807, 2.05) is 6.20 Å². The van der Waals surface area contributed by atoms with Crippen molar-refractivity contribution in [3.05, 3.63) is 36.4 Å². The lowest BCUT2D eigenvalue weighted by atomic mass is 9.97. The molecule has 22 heavy (non-hydrogen) atoms. The summed E-state index contributed by atoms with van der Waals surface area (Å²) >= 11 is 0. The van der Waals surface area contributed by atoms with Crippen molar-refractivity contribution < 1.29 is 9.13 Å². The summed E-state index contributed by atoms with van der Waals surface area (Å²) in [6.07, 6.45) is 6.85. The van der Waals surface area contributed by atoms with Crippen molar-refractivity contribution in [3.8, 4) is 17.1 Å². The monoisotopic (exact) mass is 303 g/mol. The second-order valence-corrected chi connectivity index (χ2v) is 5.71. The Kier molecular flexibility index (Phi) is 4.43. The highest BCUT2D eigenvalue weighted by molar-refractivity contribution is 5.65. The van der Waals surface area contributed by atoms with Gasteiger partial charge in [0.15, 0.2) is 0 Å². The molecule has 5 heteroatoms. The molecule has 4 nitrogen and oxygen atoms in total. The van der Waals surface area contributed by atoms with Gasteiger partial charge in [0, 0.05) is 24.5 Å². The standard InChI is InChI=1S/C17H22FN3O/c1-3-12-11-13(7-8-19-12)21-10-9-20-17(21)16-14(18)5-4-6-15(16)22-2/h4-6,9-10,12-13,19H,3,7-8,11H2,1-2H3/t12-,13+/m0/s1. The molecular formula is C17H22FN3O. The summed E-state index contributed by atoms with van der Waals surface area (Å²) < 4.78 is 21.8. The van der Waals surface area contributed by atoms with Crippen LogP contribution in [0.15, 0.2) is 30.6 Å². The van der Waals surface area contributed by atoms with E-state index in [-0.39, 0.29) is 5.82 Å². The predicted octanol–water partition coefficient (Wildman–Crippen LogP) is 3.40. The normalized spacial score (nSPS) is 21.8. The van der Waals surface area contributed by atoms with Gasteiger partial charge in [-0.3, -0.25) is 0 Å². The third-order valence-corrected chi connectivity index (χ3v) is 4.44. The molecular weight excluding hydrogens is 281 g/mol. The number of hydrogen-bond acceptors (Lipinski definition) is 3. The van der Waals surface area contributed by atoms with Crippen LogP contribution in [-0.2, 0) is 0 Å². The van der Waals surface area contributed by atoms with Crippen LogP contribution in [0.25, 0.3) is 11.4 Å². The topological polar surface area (TPSA) is 39.1 Å². The number of methoxy groups -OCH3 is 1. The van der Waals surface area contributed by atoms with Gasteiger partial charge in [0.1, 0.15) is 17.4 Å². The summed E-state index contributed by atoms with van der Waals surface area (Å²) in [5, 5.41) is 3.52. The summed E-state index contributed by atoms with van der Waals surface area (Å²) in [6, 6.07) is 5.73. The van der Waals surface area contributed by atoms with Crippen LogP contribution in [-0.4, -0.2) is 29.2 Å². The highest BCUT2D eigenvalue weighted by Crippen LogP contribution is 2.35. The Balaban J connectivity index is 1.99. The van der Waals surface area contributed by atoms with E-state index in [0.717, 1.165) is 25.8 Å². The molecule has 2 heterocycles. The number of piperidine rings is 1. The number of nitrogens with one attached hydrogen (secondary N) is 1. The number of imidazole rings is 1. The van der Waals surface area contributed by atoms with E-state index < -0.39 is 0 Å². The lowest BCUT2D eigenvalue weighted by Crippen LogP contribution is -2.38. The van der Waals surface area contributed by atoms with Gasteiger partial charge >= 0.3 is 0 Å². The van der Waals surface area contributed by atoms with Crippen molar-refractivity contribution in [2.45, 2.75) is 38.3 Å². The summed E-state index contributed by atoms with van der Waals surface area (Å²) in [4.78, 5) is 4.40. The Morgan fingerprint density at radius 3 is 3.09 bits per heavy atom. The van der Waals surface area contributed by atoms with Gasteiger partial charge in [0.2, 0.25) is 0 Å². The number of aromatic nitrogens is 2. The van der Waals surface area contributed by atoms with Gasteiger partial charge in [-0.05, 0) is 37.9 Å². The van der Waals surface area contributed by atoms with Gasteiger partial charge < -0.3 is 14.6 Å². The van der Waals surface area contributed by atoms with Crippen molar-refractivity contribution >= 4 is 0 Å². The maximum Gasteiger partial charge on any atom is 0.146 e. The van der Waals surface area contributed by atoms with Gasteiger partial charge in [-0.2, -0.15) is 0 Å². The Hall–Kier alpha value is -1.88. The molecule has 3 rings (SSSR count). The number of halogens is 1. The zero-order valence-corrected chi connectivity index (χ0v) is 13.1. The van der Waals surface area contributed by atoms with E-state index in [9.17, 15) is 4.39 Å². The van der Waals surface area contributed by atoms with Gasteiger partial charge in [-0.15, -0.1) is 0 Å². The van der Waals surface area contributed by atoms with E-state index >= 15 is 0 Å². The fraction of sp³-hybridized carbons (Fsp3) is 0.471. The molecule has 0 saturated carbocycles. The van der Waals surface area contributed by atoms with E-state index in [4.69, 9.17) is 4.74 Å². The molecule has 0 unspecified atom stereocenters. The summed E-state index contributed by atoms with van der Waals surface area (Å²) in [5.74, 6) is 0.873. The quantitative estimate of drug-likeness (QED) is 0.941. The Morgan fingerprint density at radius 2 is 2.32 bits per heavy atom. The molecule has 1 aromatic carbocycles. The van der Waals surface area contributed by atoms with Crippen molar-refractivity contribution in [2.75, 3.05) is 13.7 Å². The molecule has 0 spiro atoms. The summed E-state index contributed by atoms with van der Waals surface area (Å²) in [6.45, 7) is 3.17. The van der Waals surface area contributed by atoms with Crippen LogP contribution in [0.4, 0.5) is 4.39 Å². The number of rotatable bonds is 4. The van der Waals surface area contributed by atoms with Crippen LogP contribution in [0.5, 0.6) is 5.75 Å². The molecule has 1 N–H and O–H groups in total. The lowest BCUT2D eigenvalue weighted by molar-refractivity contribution is 0.296. The number of benzene rings is 1. The Bertz CT molecular complexity index is 641. The van der Waals surface area contributed by atoms with E-state index in [2.05, 4.69) is 21.8 Å². The molecule has 1 aliphatic rings. The van der Waals surface area contributed by atoms with Crippen LogP contribution in [0.3, 0.4) is 0 Å². The Morgan fingerprint density at radius 1 is 1.45 bits per heavy atom. The van der Waals surface area contributed by atoms with Crippen LogP contribution in [0, 0.1) is 5.82 Å². The molecule has 1 aromatic heterocycles. The first-order valence-electron chi connectivity index (χ1n) is 7.83.